The molecule has 0 N–H and O–H groups in total. The fourth-order valence-electron chi connectivity index (χ4n) is 0. The van der Waals surface area contributed by atoms with Gasteiger partial charge in [-0.05, 0) is 0 Å². The topological polar surface area (TPSA) is 45.6 Å². The van der Waals surface area contributed by atoms with Gasteiger partial charge in [-0.25, -0.2) is 0 Å². The molecule has 0 spiro atoms. The molecule has 0 saturated carbocycles. The Labute approximate surface area is 53.2 Å². The van der Waals surface area contributed by atoms with Crippen LogP contribution in [-0.4, -0.2) is 44.7 Å². The third-order valence-electron chi connectivity index (χ3n) is 0. The molecule has 0 aliphatic heterocycles. The van der Waals surface area contributed by atoms with E-state index in [4.69, 9.17) is 3.17 Å². The van der Waals surface area contributed by atoms with Gasteiger partial charge in [-0.15, -0.1) is 0 Å². The molecule has 4 heteroatoms. The summed E-state index contributed by atoms with van der Waals surface area (Å²) in [7, 11) is 0. The third kappa shape index (κ3) is 10.4. The Hall–Kier alpha value is 1.29. The van der Waals surface area contributed by atoms with Crippen molar-refractivity contribution in [2.45, 2.75) is 0 Å². The van der Waals surface area contributed by atoms with E-state index in [1.807, 2.05) is 0 Å². The van der Waals surface area contributed by atoms with Crippen molar-refractivity contribution in [3.63, 3.8) is 0 Å². The van der Waals surface area contributed by atoms with Gasteiger partial charge < -0.3 is 5.48 Å². The number of hydrogen-bond acceptors (Lipinski definition) is 1. The fraction of sp³-hybridized carbons (Fsp3) is 0. The molecule has 0 aliphatic carbocycles. The predicted octanol–water partition coefficient (Wildman–Crippen LogP) is -0.999. The van der Waals surface area contributed by atoms with E-state index in [9.17, 15) is 0 Å². The maximum atomic E-state index is 8.28. The Morgan fingerprint density at radius 2 is 1.25 bits per heavy atom. The van der Waals surface area contributed by atoms with Gasteiger partial charge in [-0.3, -0.25) is 0 Å². The van der Waals surface area contributed by atoms with Crippen LogP contribution in [0.4, 0.5) is 0 Å². The summed E-state index contributed by atoms with van der Waals surface area (Å²) in [6.07, 6.45) is 0. The molecule has 0 fully saturated rings. The van der Waals surface area contributed by atoms with Crippen LogP contribution in [0.15, 0.2) is 0 Å². The molecule has 0 aromatic carbocycles. The first-order valence-electron chi connectivity index (χ1n) is 0.289. The van der Waals surface area contributed by atoms with Crippen LogP contribution in [0.1, 0.15) is 0 Å². The maximum absolute atomic E-state index is 8.28. The van der Waals surface area contributed by atoms with Gasteiger partial charge >= 0.3 is 47.9 Å². The summed E-state index contributed by atoms with van der Waals surface area (Å²) in [5.41, 5.74) is 0. The van der Waals surface area contributed by atoms with Gasteiger partial charge in [0.25, 0.3) is 0 Å². The van der Waals surface area contributed by atoms with Crippen molar-refractivity contribution in [3.8, 4) is 0 Å². The monoisotopic (exact) mass is 80.0 g/mol. The first-order valence-corrected chi connectivity index (χ1v) is 0.866. The molecule has 4 heavy (non-hydrogen) atoms. The summed E-state index contributed by atoms with van der Waals surface area (Å²) in [5.74, 6) is 0. The Morgan fingerprint density at radius 3 is 1.25 bits per heavy atom. The van der Waals surface area contributed by atoms with Gasteiger partial charge in [0.1, 0.15) is 0 Å². The van der Waals surface area contributed by atoms with Gasteiger partial charge in [0, 0.05) is 0 Å². The van der Waals surface area contributed by atoms with E-state index in [2.05, 4.69) is 0 Å². The molecule has 0 radical (unpaired) electrons. The Kier molecular flexibility index (Phi) is 129. The van der Waals surface area contributed by atoms with Crippen LogP contribution in [0.25, 0.3) is 0 Å². The van der Waals surface area contributed by atoms with Gasteiger partial charge in [0.15, 0.2) is 0 Å². The van der Waals surface area contributed by atoms with E-state index in [0.717, 1.165) is 0 Å². The van der Waals surface area contributed by atoms with Crippen molar-refractivity contribution in [2.75, 3.05) is 0 Å². The van der Waals surface area contributed by atoms with Crippen molar-refractivity contribution in [2.24, 2.45) is 0 Å². The van der Waals surface area contributed by atoms with Gasteiger partial charge in [0.2, 0.25) is 0 Å². The predicted molar refractivity (Wildman–Crippen MR) is 12.9 cm³/mol. The van der Waals surface area contributed by atoms with Crippen LogP contribution >= 0.6 is 0 Å². The summed E-state index contributed by atoms with van der Waals surface area (Å²) in [5, 5.41) is 0. The van der Waals surface area contributed by atoms with Crippen LogP contribution in [0.2, 0.25) is 0 Å². The zero-order valence-electron chi connectivity index (χ0n) is 2.23. The molecule has 0 aromatic rings. The zero-order chi connectivity index (χ0) is 2.00. The Balaban J connectivity index is -0.00000000500. The van der Waals surface area contributed by atoms with E-state index >= 15 is 0 Å². The normalized spacial score (nSPS) is 1.50. The van der Waals surface area contributed by atoms with Crippen molar-refractivity contribution in [1.82, 2.24) is 0 Å². The van der Waals surface area contributed by atoms with E-state index in [1.165, 1.54) is 0 Å². The van der Waals surface area contributed by atoms with Crippen LogP contribution in [-0.2, 0) is 8.65 Å². The summed E-state index contributed by atoms with van der Waals surface area (Å²) in [4.78, 5) is 0. The van der Waals surface area contributed by atoms with Crippen LogP contribution in [0.5, 0.6) is 0 Å². The summed E-state index contributed by atoms with van der Waals surface area (Å²) in [6, 6.07) is 0. The average Bonchev–Trinajstić information content (AvgIpc) is 1.00. The fourth-order valence-corrected chi connectivity index (χ4v) is 0. The van der Waals surface area contributed by atoms with Crippen molar-refractivity contribution >= 4 is 44.7 Å². The second-order valence-electron chi connectivity index (χ2n) is 0. The third-order valence-corrected chi connectivity index (χ3v) is 0. The van der Waals surface area contributed by atoms with Gasteiger partial charge in [0.05, 0.1) is 0 Å². The molecule has 0 rings (SSSR count). The quantitative estimate of drug-likeness (QED) is 0.345. The summed E-state index contributed by atoms with van der Waals surface area (Å²) >= 11 is 0.611. The van der Waals surface area contributed by atoms with Crippen LogP contribution in [0, 0.1) is 0 Å². The standard InChI is InChI=1S/2Mg.2O/q;+2;;-2. The van der Waals surface area contributed by atoms with Crippen molar-refractivity contribution in [1.29, 1.82) is 0 Å². The first-order chi connectivity index (χ1) is 1.00. The minimum atomic E-state index is 0. The molecule has 0 unspecified atom stereocenters. The number of hydrogen-bond donors (Lipinski definition) is 0. The van der Waals surface area contributed by atoms with Crippen LogP contribution < -0.4 is 0 Å². The second kappa shape index (κ2) is 27.9. The Morgan fingerprint density at radius 1 is 1.25 bits per heavy atom. The molecule has 0 aromatic heterocycles. The molecule has 0 atom stereocenters. The first kappa shape index (κ1) is 18.6. The molecule has 0 bridgehead atoms. The summed E-state index contributed by atoms with van der Waals surface area (Å²) in [6.45, 7) is 0. The van der Waals surface area contributed by atoms with E-state index in [0.29, 0.717) is 21.7 Å². The SMILES string of the molecule is [Mg+2].[O-2].[O]=[Mg]. The van der Waals surface area contributed by atoms with Crippen molar-refractivity contribution in [3.05, 3.63) is 0 Å². The van der Waals surface area contributed by atoms with E-state index < -0.39 is 0 Å². The molecule has 2 nitrogen and oxygen atoms in total. The molecule has 0 amide bonds. The molecule has 16 valence electrons. The zero-order valence-corrected chi connectivity index (χ0v) is 5.06. The van der Waals surface area contributed by atoms with Crippen LogP contribution in [0.3, 0.4) is 0 Å². The molecular formula is Mg2O2. The minimum absolute atomic E-state index is 0. The summed E-state index contributed by atoms with van der Waals surface area (Å²) < 4.78 is 8.28. The molecule has 0 saturated heterocycles. The second-order valence-corrected chi connectivity index (χ2v) is 0. The molecular weight excluding hydrogens is 80.6 g/mol. The molecule has 0 aliphatic rings. The van der Waals surface area contributed by atoms with E-state index in [-0.39, 0.29) is 28.5 Å². The van der Waals surface area contributed by atoms with Gasteiger partial charge in [-0.1, -0.05) is 0 Å². The van der Waals surface area contributed by atoms with Gasteiger partial charge in [-0.2, -0.15) is 0 Å². The molecule has 0 heterocycles. The van der Waals surface area contributed by atoms with Crippen molar-refractivity contribution < 1.29 is 8.65 Å². The average molecular weight is 80.6 g/mol. The number of rotatable bonds is 0. The van der Waals surface area contributed by atoms with E-state index in [1.54, 1.807) is 0 Å². The Bertz CT molecular complexity index is 4.00.